The number of anilines is 2. The molecule has 9 nitrogen and oxygen atoms in total. The Morgan fingerprint density at radius 2 is 1.16 bits per heavy atom. The molecule has 2 aromatic heterocycles. The summed E-state index contributed by atoms with van der Waals surface area (Å²) in [5, 5.41) is 11.1. The molecule has 2 N–H and O–H groups in total. The number of aromatic nitrogens is 4. The van der Waals surface area contributed by atoms with Crippen molar-refractivity contribution in [2.45, 2.75) is 31.3 Å². The molecule has 0 saturated carbocycles. The van der Waals surface area contributed by atoms with E-state index in [1.165, 1.54) is 38.4 Å². The molecule has 3 aromatic carbocycles. The Morgan fingerprint density at radius 3 is 1.68 bits per heavy atom. The van der Waals surface area contributed by atoms with Gasteiger partial charge in [0.25, 0.3) is 30.8 Å². The zero-order valence-electron chi connectivity index (χ0n) is 27.9. The first-order chi connectivity index (χ1) is 26.0. The van der Waals surface area contributed by atoms with Crippen molar-refractivity contribution >= 4 is 23.2 Å². The van der Waals surface area contributed by atoms with Crippen LogP contribution in [-0.4, -0.2) is 49.8 Å². The van der Waals surface area contributed by atoms with Crippen LogP contribution < -0.4 is 15.4 Å². The van der Waals surface area contributed by atoms with Crippen molar-refractivity contribution in [2.24, 2.45) is 14.1 Å². The molecule has 0 spiro atoms. The predicted molar refractivity (Wildman–Crippen MR) is 167 cm³/mol. The van der Waals surface area contributed by atoms with Gasteiger partial charge in [-0.1, -0.05) is 18.2 Å². The molecule has 0 aliphatic rings. The first kappa shape index (κ1) is 42.6. The third kappa shape index (κ3) is 9.92. The maximum Gasteiger partial charge on any atom is 0.439 e. The molecule has 0 radical (unpaired) electrons. The first-order valence-corrected chi connectivity index (χ1v) is 15.1. The number of halogens is 14. The Bertz CT molecular complexity index is 2220. The molecular formula is C33H22F14N6O3. The minimum atomic E-state index is -6.00. The summed E-state index contributed by atoms with van der Waals surface area (Å²) < 4.78 is 188. The van der Waals surface area contributed by atoms with E-state index in [-0.39, 0.29) is 28.4 Å². The second kappa shape index (κ2) is 16.7. The molecule has 1 atom stereocenters. The summed E-state index contributed by atoms with van der Waals surface area (Å²) in [4.78, 5) is 24.6. The van der Waals surface area contributed by atoms with Crippen LogP contribution in [0.4, 0.5) is 72.8 Å². The number of hydrogen-bond acceptors (Lipinski definition) is 5. The SMILES string of the molecule is Cn1cc(C(=O)Nc2ccc(F)cc2OC(F)(F)C(F)C(F)(F)F)c(C(F)F)n1.Cn1cc(C(=O)Nc2ccccc2-c2cc(F)c(F)cc2F)c(C(F)F)n1. The summed E-state index contributed by atoms with van der Waals surface area (Å²) in [5.74, 6) is -8.52. The van der Waals surface area contributed by atoms with Crippen molar-refractivity contribution in [3.05, 3.63) is 113 Å². The number of ether oxygens (including phenoxy) is 1. The molecule has 0 aliphatic heterocycles. The van der Waals surface area contributed by atoms with Gasteiger partial charge in [0.2, 0.25) is 0 Å². The minimum Gasteiger partial charge on any atom is -0.428 e. The topological polar surface area (TPSA) is 103 Å². The Balaban J connectivity index is 0.000000249. The van der Waals surface area contributed by atoms with Gasteiger partial charge in [-0.2, -0.15) is 32.1 Å². The van der Waals surface area contributed by atoms with Crippen molar-refractivity contribution in [3.63, 3.8) is 0 Å². The fourth-order valence-electron chi connectivity index (χ4n) is 4.69. The number of nitrogens with one attached hydrogen (secondary N) is 2. The second-order valence-electron chi connectivity index (χ2n) is 11.2. The summed E-state index contributed by atoms with van der Waals surface area (Å²) in [6.45, 7) is 0. The number of benzene rings is 3. The molecule has 0 aliphatic carbocycles. The van der Waals surface area contributed by atoms with Crippen LogP contribution in [0.5, 0.6) is 5.75 Å². The maximum atomic E-state index is 14.1. The third-order valence-electron chi connectivity index (χ3n) is 7.11. The van der Waals surface area contributed by atoms with Gasteiger partial charge in [0.15, 0.2) is 17.4 Å². The highest BCUT2D eigenvalue weighted by atomic mass is 19.4. The number of aryl methyl sites for hydroxylation is 2. The van der Waals surface area contributed by atoms with Crippen molar-refractivity contribution in [3.8, 4) is 16.9 Å². The Kier molecular flexibility index (Phi) is 12.7. The fourth-order valence-corrected chi connectivity index (χ4v) is 4.69. The number of carbonyl (C=O) groups excluding carboxylic acids is 2. The summed E-state index contributed by atoms with van der Waals surface area (Å²) >= 11 is 0. The lowest BCUT2D eigenvalue weighted by atomic mass is 10.0. The largest absolute Gasteiger partial charge is 0.439 e. The number of rotatable bonds is 10. The van der Waals surface area contributed by atoms with Gasteiger partial charge in [0.1, 0.15) is 23.0 Å². The smallest absolute Gasteiger partial charge is 0.428 e. The van der Waals surface area contributed by atoms with E-state index in [0.29, 0.717) is 24.3 Å². The molecule has 5 rings (SSSR count). The molecule has 23 heteroatoms. The van der Waals surface area contributed by atoms with Gasteiger partial charge in [0, 0.05) is 55.4 Å². The lowest BCUT2D eigenvalue weighted by Crippen LogP contribution is -2.45. The molecule has 1 unspecified atom stereocenters. The van der Waals surface area contributed by atoms with Crippen molar-refractivity contribution in [1.29, 1.82) is 0 Å². The highest BCUT2D eigenvalue weighted by Crippen LogP contribution is 2.39. The van der Waals surface area contributed by atoms with Gasteiger partial charge in [-0.3, -0.25) is 19.0 Å². The van der Waals surface area contributed by atoms with Crippen LogP contribution in [0.15, 0.2) is 67.0 Å². The van der Waals surface area contributed by atoms with E-state index in [1.54, 1.807) is 0 Å². The van der Waals surface area contributed by atoms with E-state index < -0.39 is 94.8 Å². The van der Waals surface area contributed by atoms with E-state index in [2.05, 4.69) is 20.3 Å². The summed E-state index contributed by atoms with van der Waals surface area (Å²) in [6, 6.07) is 8.18. The van der Waals surface area contributed by atoms with Crippen molar-refractivity contribution in [2.75, 3.05) is 10.6 Å². The van der Waals surface area contributed by atoms with E-state index in [9.17, 15) is 71.1 Å². The van der Waals surface area contributed by atoms with E-state index in [0.717, 1.165) is 21.8 Å². The zero-order valence-corrected chi connectivity index (χ0v) is 27.9. The van der Waals surface area contributed by atoms with Crippen LogP contribution in [0, 0.1) is 23.3 Å². The molecule has 0 fully saturated rings. The summed E-state index contributed by atoms with van der Waals surface area (Å²) in [7, 11) is 2.58. The minimum absolute atomic E-state index is 0.0384. The van der Waals surface area contributed by atoms with Crippen LogP contribution in [0.1, 0.15) is 45.0 Å². The Hall–Kier alpha value is -6.16. The lowest BCUT2D eigenvalue weighted by Gasteiger charge is -2.24. The average Bonchev–Trinajstić information content (AvgIpc) is 3.70. The number of para-hydroxylation sites is 1. The van der Waals surface area contributed by atoms with Gasteiger partial charge < -0.3 is 15.4 Å². The van der Waals surface area contributed by atoms with E-state index in [4.69, 9.17) is 0 Å². The molecule has 0 saturated heterocycles. The Morgan fingerprint density at radius 1 is 0.661 bits per heavy atom. The average molecular weight is 817 g/mol. The van der Waals surface area contributed by atoms with Crippen LogP contribution in [0.2, 0.25) is 0 Å². The second-order valence-corrected chi connectivity index (χ2v) is 11.2. The first-order valence-electron chi connectivity index (χ1n) is 15.1. The van der Waals surface area contributed by atoms with E-state index >= 15 is 0 Å². The van der Waals surface area contributed by atoms with Gasteiger partial charge in [-0.15, -0.1) is 0 Å². The fraction of sp³-hybridized carbons (Fsp3) is 0.212. The molecule has 56 heavy (non-hydrogen) atoms. The van der Waals surface area contributed by atoms with Gasteiger partial charge in [-0.25, -0.2) is 39.5 Å². The van der Waals surface area contributed by atoms with Crippen LogP contribution in [0.25, 0.3) is 11.1 Å². The highest BCUT2D eigenvalue weighted by molar-refractivity contribution is 6.07. The predicted octanol–water partition coefficient (Wildman–Crippen LogP) is 9.32. The van der Waals surface area contributed by atoms with Gasteiger partial charge in [-0.05, 0) is 24.3 Å². The Labute approximate surface area is 304 Å². The molecule has 300 valence electrons. The lowest BCUT2D eigenvalue weighted by molar-refractivity contribution is -0.304. The number of nitrogens with zero attached hydrogens (tertiary/aromatic N) is 4. The van der Waals surface area contributed by atoms with E-state index in [1.807, 2.05) is 5.32 Å². The molecular weight excluding hydrogens is 794 g/mol. The van der Waals surface area contributed by atoms with Gasteiger partial charge >= 0.3 is 12.3 Å². The van der Waals surface area contributed by atoms with Crippen molar-refractivity contribution < 1.29 is 75.8 Å². The third-order valence-corrected chi connectivity index (χ3v) is 7.11. The summed E-state index contributed by atoms with van der Waals surface area (Å²) in [6.07, 6.45) is -20.4. The standard InChI is InChI=1S/C18H12F5N3O.C15H10F9N3O2/c1-26-8-11(16(25-26)17(22)23)18(27)24-15-5-3-2-4-9(15)10-6-13(20)14(21)7-12(10)19;1-27-5-7(10(26-27)11(17)18)12(28)25-8-3-2-6(16)4-9(8)29-15(23,24)13(19)14(20,21)22/h2-8,17H,1H3,(H,24,27);2-5,11,13H,1H3,(H,25,28). The van der Waals surface area contributed by atoms with Crippen molar-refractivity contribution in [1.82, 2.24) is 19.6 Å². The molecule has 2 heterocycles. The van der Waals surface area contributed by atoms with Crippen LogP contribution in [-0.2, 0) is 14.1 Å². The molecule has 5 aromatic rings. The normalized spacial score (nSPS) is 12.3. The number of hydrogen-bond donors (Lipinski definition) is 2. The number of carbonyl (C=O) groups is 2. The molecule has 0 bridgehead atoms. The van der Waals surface area contributed by atoms with Gasteiger partial charge in [0.05, 0.1) is 16.8 Å². The van der Waals surface area contributed by atoms with Crippen LogP contribution >= 0.6 is 0 Å². The summed E-state index contributed by atoms with van der Waals surface area (Å²) in [5.41, 5.74) is -3.73. The zero-order chi connectivity index (χ0) is 41.9. The number of amides is 2. The quantitative estimate of drug-likeness (QED) is 0.108. The maximum absolute atomic E-state index is 14.1. The highest BCUT2D eigenvalue weighted by Gasteiger charge is 2.59. The molecule has 2 amide bonds. The monoisotopic (exact) mass is 816 g/mol. The number of alkyl halides is 10. The van der Waals surface area contributed by atoms with Crippen LogP contribution in [0.3, 0.4) is 0 Å².